The first kappa shape index (κ1) is 17.3. The largest absolute Gasteiger partial charge is 0.383 e. The topological polar surface area (TPSA) is 76.2 Å². The number of aliphatic hydroxyl groups is 1. The molecule has 2 aromatic rings. The van der Waals surface area contributed by atoms with Crippen molar-refractivity contribution in [1.82, 2.24) is 24.5 Å². The van der Waals surface area contributed by atoms with Crippen LogP contribution in [0.25, 0.3) is 0 Å². The van der Waals surface area contributed by atoms with Gasteiger partial charge in [-0.25, -0.2) is 0 Å². The minimum Gasteiger partial charge on any atom is -0.383 e. The molecule has 4 rings (SSSR count). The Labute approximate surface area is 153 Å². The van der Waals surface area contributed by atoms with Gasteiger partial charge in [-0.1, -0.05) is 13.8 Å². The highest BCUT2D eigenvalue weighted by Gasteiger charge is 2.51. The lowest BCUT2D eigenvalue weighted by Gasteiger charge is -2.43. The van der Waals surface area contributed by atoms with Crippen molar-refractivity contribution >= 4 is 5.91 Å². The average Bonchev–Trinajstić information content (AvgIpc) is 3.24. The fourth-order valence-electron chi connectivity index (χ4n) is 4.70. The van der Waals surface area contributed by atoms with Crippen molar-refractivity contribution in [2.75, 3.05) is 0 Å². The van der Waals surface area contributed by atoms with Gasteiger partial charge in [0.15, 0.2) is 0 Å². The van der Waals surface area contributed by atoms with E-state index in [1.54, 1.807) is 15.6 Å². The summed E-state index contributed by atoms with van der Waals surface area (Å²) in [4.78, 5) is 15.2. The highest BCUT2D eigenvalue weighted by atomic mass is 16.3. The van der Waals surface area contributed by atoms with Crippen LogP contribution in [-0.2, 0) is 19.7 Å². The van der Waals surface area contributed by atoms with Gasteiger partial charge in [0.05, 0.1) is 11.4 Å². The summed E-state index contributed by atoms with van der Waals surface area (Å²) in [7, 11) is 3.69. The standard InChI is InChI=1S/C19H27N5O2/c1-12(2)15-9-16(22(3)21-15)18(25)24-13-5-6-14(24)11-19(26,10-13)17-7-8-20-23(17)4/h7-9,12-14,26H,5-6,10-11H2,1-4H3/t13-,14+,19?. The van der Waals surface area contributed by atoms with Crippen molar-refractivity contribution < 1.29 is 9.90 Å². The number of carbonyl (C=O) groups is 1. The molecule has 26 heavy (non-hydrogen) atoms. The third-order valence-electron chi connectivity index (χ3n) is 6.01. The van der Waals surface area contributed by atoms with Crippen molar-refractivity contribution in [3.05, 3.63) is 35.4 Å². The number of aromatic nitrogens is 4. The quantitative estimate of drug-likeness (QED) is 0.911. The number of carbonyl (C=O) groups excluding carboxylic acids is 1. The maximum absolute atomic E-state index is 13.2. The summed E-state index contributed by atoms with van der Waals surface area (Å²) in [5.41, 5.74) is 1.50. The number of nitrogens with zero attached hydrogens (tertiary/aromatic N) is 5. The Morgan fingerprint density at radius 1 is 1.23 bits per heavy atom. The molecule has 2 bridgehead atoms. The molecule has 2 saturated heterocycles. The number of amides is 1. The molecule has 0 radical (unpaired) electrons. The second kappa shape index (κ2) is 5.94. The molecule has 2 aromatic heterocycles. The third-order valence-corrected chi connectivity index (χ3v) is 6.01. The van der Waals surface area contributed by atoms with E-state index in [1.807, 2.05) is 31.1 Å². The number of rotatable bonds is 3. The summed E-state index contributed by atoms with van der Waals surface area (Å²) in [6, 6.07) is 3.90. The molecule has 0 aliphatic carbocycles. The smallest absolute Gasteiger partial charge is 0.272 e. The lowest BCUT2D eigenvalue weighted by molar-refractivity contribution is -0.0532. The van der Waals surface area contributed by atoms with Gasteiger partial charge in [-0.2, -0.15) is 10.2 Å². The molecule has 4 heterocycles. The van der Waals surface area contributed by atoms with Crippen LogP contribution >= 0.6 is 0 Å². The monoisotopic (exact) mass is 357 g/mol. The zero-order chi connectivity index (χ0) is 18.6. The molecule has 140 valence electrons. The molecular formula is C19H27N5O2. The third kappa shape index (κ3) is 2.57. The highest BCUT2D eigenvalue weighted by molar-refractivity contribution is 5.93. The second-order valence-electron chi connectivity index (χ2n) is 8.11. The number of hydrogen-bond acceptors (Lipinski definition) is 4. The number of aryl methyl sites for hydroxylation is 2. The second-order valence-corrected chi connectivity index (χ2v) is 8.11. The molecule has 0 aromatic carbocycles. The number of fused-ring (bicyclic) bond motifs is 2. The van der Waals surface area contributed by atoms with E-state index in [0.29, 0.717) is 18.5 Å². The zero-order valence-corrected chi connectivity index (χ0v) is 15.9. The van der Waals surface area contributed by atoms with Crippen molar-refractivity contribution in [2.24, 2.45) is 14.1 Å². The minimum atomic E-state index is -0.913. The van der Waals surface area contributed by atoms with Crippen LogP contribution in [0.2, 0.25) is 0 Å². The van der Waals surface area contributed by atoms with Crippen LogP contribution in [-0.4, -0.2) is 47.6 Å². The first-order chi connectivity index (χ1) is 12.3. The number of piperidine rings is 1. The van der Waals surface area contributed by atoms with Crippen molar-refractivity contribution in [3.63, 3.8) is 0 Å². The van der Waals surface area contributed by atoms with Gasteiger partial charge in [-0.15, -0.1) is 0 Å². The summed E-state index contributed by atoms with van der Waals surface area (Å²) in [6.07, 6.45) is 4.71. The molecule has 0 saturated carbocycles. The molecule has 2 aliphatic heterocycles. The van der Waals surface area contributed by atoms with Gasteiger partial charge in [0.1, 0.15) is 11.3 Å². The Kier molecular flexibility index (Phi) is 3.95. The van der Waals surface area contributed by atoms with E-state index in [4.69, 9.17) is 0 Å². The van der Waals surface area contributed by atoms with Gasteiger partial charge in [0, 0.05) is 45.2 Å². The fraction of sp³-hybridized carbons (Fsp3) is 0.632. The molecule has 7 heteroatoms. The first-order valence-electron chi connectivity index (χ1n) is 9.37. The van der Waals surface area contributed by atoms with Crippen LogP contribution in [0.1, 0.15) is 67.3 Å². The van der Waals surface area contributed by atoms with Crippen LogP contribution < -0.4 is 0 Å². The highest BCUT2D eigenvalue weighted by Crippen LogP contribution is 2.46. The molecule has 1 amide bonds. The summed E-state index contributed by atoms with van der Waals surface area (Å²) in [6.45, 7) is 4.16. The van der Waals surface area contributed by atoms with E-state index < -0.39 is 5.60 Å². The van der Waals surface area contributed by atoms with Crippen LogP contribution in [0.15, 0.2) is 18.3 Å². The molecule has 1 unspecified atom stereocenters. The Hall–Kier alpha value is -2.15. The van der Waals surface area contributed by atoms with Gasteiger partial charge >= 0.3 is 0 Å². The van der Waals surface area contributed by atoms with E-state index >= 15 is 0 Å². The maximum Gasteiger partial charge on any atom is 0.272 e. The fourth-order valence-corrected chi connectivity index (χ4v) is 4.70. The van der Waals surface area contributed by atoms with E-state index in [9.17, 15) is 9.90 Å². The van der Waals surface area contributed by atoms with E-state index in [1.165, 1.54) is 0 Å². The molecule has 1 N–H and O–H groups in total. The molecule has 2 fully saturated rings. The summed E-state index contributed by atoms with van der Waals surface area (Å²) in [5.74, 6) is 0.321. The SMILES string of the molecule is CC(C)c1cc(C(=O)N2[C@@H]3CC[C@H]2CC(O)(c2ccnn2C)C3)n(C)n1. The Morgan fingerprint density at radius 2 is 1.88 bits per heavy atom. The molecule has 3 atom stereocenters. The van der Waals surface area contributed by atoms with Crippen molar-refractivity contribution in [1.29, 1.82) is 0 Å². The van der Waals surface area contributed by atoms with E-state index in [2.05, 4.69) is 24.0 Å². The summed E-state index contributed by atoms with van der Waals surface area (Å²) >= 11 is 0. The molecule has 0 spiro atoms. The first-order valence-corrected chi connectivity index (χ1v) is 9.37. The van der Waals surface area contributed by atoms with Gasteiger partial charge < -0.3 is 10.0 Å². The Morgan fingerprint density at radius 3 is 2.38 bits per heavy atom. The predicted molar refractivity (Wildman–Crippen MR) is 96.6 cm³/mol. The van der Waals surface area contributed by atoms with Crippen molar-refractivity contribution in [3.8, 4) is 0 Å². The van der Waals surface area contributed by atoms with E-state index in [-0.39, 0.29) is 23.9 Å². The normalized spacial score (nSPS) is 28.2. The van der Waals surface area contributed by atoms with Crippen molar-refractivity contribution in [2.45, 2.75) is 63.1 Å². The van der Waals surface area contributed by atoms with Crippen LogP contribution in [0.5, 0.6) is 0 Å². The van der Waals surface area contributed by atoms with Gasteiger partial charge in [0.25, 0.3) is 5.91 Å². The Bertz CT molecular complexity index is 823. The van der Waals surface area contributed by atoms with Crippen LogP contribution in [0.4, 0.5) is 0 Å². The van der Waals surface area contributed by atoms with Gasteiger partial charge in [-0.05, 0) is 30.9 Å². The van der Waals surface area contributed by atoms with Crippen LogP contribution in [0.3, 0.4) is 0 Å². The Balaban J connectivity index is 1.61. The molecule has 2 aliphatic rings. The van der Waals surface area contributed by atoms with Gasteiger partial charge in [-0.3, -0.25) is 14.2 Å². The summed E-state index contributed by atoms with van der Waals surface area (Å²) in [5, 5.41) is 20.0. The van der Waals surface area contributed by atoms with E-state index in [0.717, 1.165) is 24.2 Å². The number of hydrogen-bond donors (Lipinski definition) is 1. The summed E-state index contributed by atoms with van der Waals surface area (Å²) < 4.78 is 3.44. The molecular weight excluding hydrogens is 330 g/mol. The van der Waals surface area contributed by atoms with Gasteiger partial charge in [0.2, 0.25) is 0 Å². The lowest BCUT2D eigenvalue weighted by atomic mass is 9.83. The predicted octanol–water partition coefficient (Wildman–Crippen LogP) is 1.93. The minimum absolute atomic E-state index is 0.0338. The molecule has 7 nitrogen and oxygen atoms in total. The maximum atomic E-state index is 13.2. The lowest BCUT2D eigenvalue weighted by Crippen LogP contribution is -2.52. The zero-order valence-electron chi connectivity index (χ0n) is 15.9. The van der Waals surface area contributed by atoms with Crippen LogP contribution in [0, 0.1) is 0 Å². The average molecular weight is 357 g/mol.